The van der Waals surface area contributed by atoms with Gasteiger partial charge in [0.05, 0.1) is 11.6 Å². The normalized spacial score (nSPS) is 22.8. The van der Waals surface area contributed by atoms with Crippen LogP contribution in [0.25, 0.3) is 0 Å². The lowest BCUT2D eigenvalue weighted by Crippen LogP contribution is -2.68. The Morgan fingerprint density at radius 1 is 0.980 bits per heavy atom. The number of benzene rings is 1. The molecule has 0 spiro atoms. The average Bonchev–Trinajstić information content (AvgIpc) is 3.56. The van der Waals surface area contributed by atoms with Gasteiger partial charge >= 0.3 is 12.4 Å². The average molecular weight is 745 g/mol. The highest BCUT2D eigenvalue weighted by atomic mass is 35.5. The largest absolute Gasteiger partial charge is 0.469 e. The summed E-state index contributed by atoms with van der Waals surface area (Å²) in [6.45, 7) is 3.46. The van der Waals surface area contributed by atoms with Gasteiger partial charge in [0.1, 0.15) is 5.69 Å². The minimum Gasteiger partial charge on any atom is -0.335 e. The molecule has 50 heavy (non-hydrogen) atoms. The van der Waals surface area contributed by atoms with Crippen LogP contribution in [0.15, 0.2) is 54.0 Å². The Morgan fingerprint density at radius 2 is 1.74 bits per heavy atom. The van der Waals surface area contributed by atoms with Crippen LogP contribution >= 0.6 is 22.4 Å². The van der Waals surface area contributed by atoms with E-state index in [2.05, 4.69) is 14.8 Å². The van der Waals surface area contributed by atoms with Gasteiger partial charge in [-0.2, -0.15) is 26.3 Å². The summed E-state index contributed by atoms with van der Waals surface area (Å²) in [5.41, 5.74) is -2.35. The highest BCUT2D eigenvalue weighted by molar-refractivity contribution is 7.25. The van der Waals surface area contributed by atoms with E-state index in [0.717, 1.165) is 48.6 Å². The first kappa shape index (κ1) is 36.5. The number of carbonyl (C=O) groups excluding carboxylic acids is 2. The quantitative estimate of drug-likeness (QED) is 0.212. The Kier molecular flexibility index (Phi) is 10.5. The van der Waals surface area contributed by atoms with Crippen LogP contribution in [0.4, 0.5) is 26.3 Å². The highest BCUT2D eigenvalue weighted by Crippen LogP contribution is 2.45. The van der Waals surface area contributed by atoms with Crippen LogP contribution in [0.2, 0.25) is 5.02 Å². The van der Waals surface area contributed by atoms with Crippen LogP contribution in [-0.2, 0) is 30.1 Å². The van der Waals surface area contributed by atoms with Crippen molar-refractivity contribution in [2.45, 2.75) is 56.2 Å². The number of rotatable bonds is 7. The van der Waals surface area contributed by atoms with Gasteiger partial charge < -0.3 is 19.6 Å². The van der Waals surface area contributed by atoms with Crippen LogP contribution in [0.1, 0.15) is 51.3 Å². The Labute approximate surface area is 293 Å². The second-order valence-electron chi connectivity index (χ2n) is 13.0. The zero-order chi connectivity index (χ0) is 35.8. The maximum Gasteiger partial charge on any atom is 0.469 e. The van der Waals surface area contributed by atoms with E-state index in [4.69, 9.17) is 15.8 Å². The number of halogens is 7. The molecule has 2 saturated heterocycles. The number of aromatic nitrogens is 1. The molecule has 3 aromatic rings. The van der Waals surface area contributed by atoms with Crippen molar-refractivity contribution in [3.63, 3.8) is 0 Å². The molecule has 6 rings (SSSR count). The molecule has 0 radical (unpaired) electrons. The minimum absolute atomic E-state index is 0.0363. The number of hydrogen-bond acceptors (Lipinski definition) is 6. The maximum atomic E-state index is 15.0. The van der Waals surface area contributed by atoms with E-state index in [1.165, 1.54) is 21.2 Å². The monoisotopic (exact) mass is 744 g/mol. The van der Waals surface area contributed by atoms with Gasteiger partial charge in [0.15, 0.2) is 16.1 Å². The van der Waals surface area contributed by atoms with Gasteiger partial charge in [-0.3, -0.25) is 14.6 Å². The van der Waals surface area contributed by atoms with Crippen molar-refractivity contribution >= 4 is 34.2 Å². The van der Waals surface area contributed by atoms with Crippen LogP contribution in [0.3, 0.4) is 0 Å². The molecule has 0 saturated carbocycles. The smallest absolute Gasteiger partial charge is 0.335 e. The number of thiophene rings is 1. The lowest BCUT2D eigenvalue weighted by atomic mass is 9.80. The summed E-state index contributed by atoms with van der Waals surface area (Å²) in [6, 6.07) is 8.05. The fourth-order valence-electron chi connectivity index (χ4n) is 7.16. The van der Waals surface area contributed by atoms with Crippen LogP contribution in [0, 0.1) is 0 Å². The number of piperidine rings is 1. The zero-order valence-electron chi connectivity index (χ0n) is 27.3. The third kappa shape index (κ3) is 7.52. The molecule has 2 amide bonds. The van der Waals surface area contributed by atoms with E-state index in [9.17, 15) is 31.1 Å². The Hall–Kier alpha value is -3.24. The van der Waals surface area contributed by atoms with Crippen LogP contribution in [-0.4, -0.2) is 101 Å². The first-order chi connectivity index (χ1) is 23.7. The van der Waals surface area contributed by atoms with Crippen molar-refractivity contribution in [1.29, 1.82) is 0 Å². The van der Waals surface area contributed by atoms with E-state index in [0.29, 0.717) is 31.1 Å². The molecule has 3 atom stereocenters. The van der Waals surface area contributed by atoms with E-state index in [-0.39, 0.29) is 38.9 Å². The summed E-state index contributed by atoms with van der Waals surface area (Å²) < 4.78 is 91.7. The summed E-state index contributed by atoms with van der Waals surface area (Å²) in [6.07, 6.45) is -8.03. The van der Waals surface area contributed by atoms with Crippen molar-refractivity contribution in [1.82, 2.24) is 24.6 Å². The minimum atomic E-state index is -4.90. The predicted octanol–water partition coefficient (Wildman–Crippen LogP) is 6.22. The summed E-state index contributed by atoms with van der Waals surface area (Å²) in [5, 5.41) is 1.77. The molecule has 2 aromatic heterocycles. The lowest BCUT2D eigenvalue weighted by Gasteiger charge is -2.48. The molecule has 3 aliphatic rings. The van der Waals surface area contributed by atoms with Crippen molar-refractivity contribution in [3.8, 4) is 0 Å². The number of carbonyl (C=O) groups is 2. The van der Waals surface area contributed by atoms with E-state index >= 15 is 4.79 Å². The zero-order valence-corrected chi connectivity index (χ0v) is 28.8. The summed E-state index contributed by atoms with van der Waals surface area (Å²) >= 11 is 6.20. The number of piperazine rings is 1. The van der Waals surface area contributed by atoms with Crippen molar-refractivity contribution in [2.75, 3.05) is 52.9 Å². The third-order valence-electron chi connectivity index (χ3n) is 9.77. The number of hydrogen-bond donors (Lipinski definition) is 0. The maximum absolute atomic E-state index is 15.0. The molecular formula is C34H37ClF6N5O3S+. The number of alkyl halides is 6. The molecule has 3 aliphatic heterocycles. The Morgan fingerprint density at radius 3 is 2.46 bits per heavy atom. The Balaban J connectivity index is 1.45. The topological polar surface area (TPSA) is 69.2 Å². The van der Waals surface area contributed by atoms with Gasteiger partial charge in [0, 0.05) is 69.6 Å². The fraction of sp³-hybridized carbons (Fsp3) is 0.500. The molecule has 16 heteroatoms. The predicted molar refractivity (Wildman–Crippen MR) is 176 cm³/mol. The molecular weight excluding hydrogens is 708 g/mol. The number of amides is 2. The second-order valence-corrected chi connectivity index (χ2v) is 14.9. The first-order valence-corrected chi connectivity index (χ1v) is 18.0. The third-order valence-corrected chi connectivity index (χ3v) is 11.7. The lowest BCUT2D eigenvalue weighted by molar-refractivity contribution is -0.156. The van der Waals surface area contributed by atoms with E-state index in [1.54, 1.807) is 18.2 Å². The fourth-order valence-corrected chi connectivity index (χ4v) is 8.89. The van der Waals surface area contributed by atoms with Gasteiger partial charge in [-0.05, 0) is 74.2 Å². The molecule has 8 nitrogen and oxygen atoms in total. The molecule has 0 N–H and O–H groups in total. The number of likely N-dealkylation sites (tertiary alicyclic amines) is 1. The van der Waals surface area contributed by atoms with Crippen LogP contribution in [0.5, 0.6) is 0 Å². The standard InChI is InChI=1S/C34H37ClF6N5O3S/c1-43-16-18-44(19-17-43)14-10-27-32(49-50-20-3-6-28(50)34(39,40)41,31(48)45-15-9-23-21-25(35)8-7-24(23)22-45)11-4-13-46(27)30(47)29-26(33(36,37)38)5-2-12-42-29/h2-3,5-8,12,20-21,27H,4,9-11,13-19,22H2,1H3/q+1/t27-,32+,50?/m1/s1. The molecule has 270 valence electrons. The highest BCUT2D eigenvalue weighted by Gasteiger charge is 2.60. The first-order valence-electron chi connectivity index (χ1n) is 16.4. The second kappa shape index (κ2) is 14.4. The van der Waals surface area contributed by atoms with Crippen molar-refractivity contribution in [3.05, 3.63) is 86.3 Å². The number of likely N-dealkylation sites (N-methyl/N-ethyl adjacent to an activating group) is 1. The van der Waals surface area contributed by atoms with Crippen molar-refractivity contribution < 1.29 is 40.1 Å². The SMILES string of the molecule is CN1CCN(CC[C@H]2N(C(=O)c3ncccc3C(F)(F)F)CCC[C@@]2(O[s+]2cccc2C(F)(F)F)C(=O)N2CCc3cc(Cl)ccc3C2)CC1. The Bertz CT molecular complexity index is 1710. The summed E-state index contributed by atoms with van der Waals surface area (Å²) in [4.78, 5) is 39.1. The van der Waals surface area contributed by atoms with Crippen LogP contribution < -0.4 is 4.18 Å². The van der Waals surface area contributed by atoms with Gasteiger partial charge in [0.25, 0.3) is 16.7 Å². The molecule has 1 unspecified atom stereocenters. The van der Waals surface area contributed by atoms with Gasteiger partial charge in [-0.1, -0.05) is 17.7 Å². The number of pyridine rings is 1. The van der Waals surface area contributed by atoms with Crippen molar-refractivity contribution in [2.24, 2.45) is 0 Å². The van der Waals surface area contributed by atoms with Gasteiger partial charge in [0.2, 0.25) is 5.60 Å². The van der Waals surface area contributed by atoms with E-state index in [1.807, 2.05) is 7.05 Å². The molecule has 5 heterocycles. The number of fused-ring (bicyclic) bond motifs is 1. The molecule has 1 aromatic carbocycles. The summed E-state index contributed by atoms with van der Waals surface area (Å²) in [7, 11) is -0.0526. The number of nitrogens with zero attached hydrogens (tertiary/aromatic N) is 5. The molecule has 2 fully saturated rings. The summed E-state index contributed by atoms with van der Waals surface area (Å²) in [5.74, 6) is -1.66. The molecule has 0 aliphatic carbocycles. The van der Waals surface area contributed by atoms with Gasteiger partial charge in [-0.15, -0.1) is 4.18 Å². The molecule has 0 bridgehead atoms. The van der Waals surface area contributed by atoms with Gasteiger partial charge in [-0.25, -0.2) is 0 Å². The van der Waals surface area contributed by atoms with E-state index < -0.39 is 62.7 Å².